The van der Waals surface area contributed by atoms with E-state index in [0.29, 0.717) is 12.4 Å². The second-order valence-corrected chi connectivity index (χ2v) is 9.02. The Kier molecular flexibility index (Phi) is 7.87. The molecule has 3 atom stereocenters. The van der Waals surface area contributed by atoms with Crippen LogP contribution >= 0.6 is 0 Å². The van der Waals surface area contributed by atoms with Gasteiger partial charge in [-0.15, -0.1) is 0 Å². The van der Waals surface area contributed by atoms with Gasteiger partial charge in [0.25, 0.3) is 11.8 Å². The highest BCUT2D eigenvalue weighted by molar-refractivity contribution is 6.38. The Morgan fingerprint density at radius 2 is 1.81 bits per heavy atom. The third kappa shape index (κ3) is 6.21. The van der Waals surface area contributed by atoms with Crippen molar-refractivity contribution >= 4 is 17.6 Å². The maximum absolute atomic E-state index is 13.2. The highest BCUT2D eigenvalue weighted by atomic mass is 16.5. The molecule has 1 aromatic carbocycles. The lowest BCUT2D eigenvalue weighted by molar-refractivity contribution is -0.137. The molecule has 0 spiro atoms. The number of pyridine rings is 1. The summed E-state index contributed by atoms with van der Waals surface area (Å²) in [6.07, 6.45) is 3.74. The van der Waals surface area contributed by atoms with E-state index in [-0.39, 0.29) is 24.2 Å². The number of ketones is 1. The number of carbonyl (C=O) groups excluding carboxylic acids is 3. The Morgan fingerprint density at radius 1 is 1.08 bits per heavy atom. The predicted molar refractivity (Wildman–Crippen MR) is 132 cm³/mol. The molecule has 4 rings (SSSR count). The van der Waals surface area contributed by atoms with E-state index in [1.165, 1.54) is 0 Å². The average Bonchev–Trinajstić information content (AvgIpc) is 3.31. The molecule has 1 saturated heterocycles. The maximum atomic E-state index is 13.2. The molecule has 36 heavy (non-hydrogen) atoms. The van der Waals surface area contributed by atoms with Gasteiger partial charge in [-0.1, -0.05) is 30.3 Å². The van der Waals surface area contributed by atoms with Gasteiger partial charge in [0, 0.05) is 38.4 Å². The highest BCUT2D eigenvalue weighted by Gasteiger charge is 2.27. The van der Waals surface area contributed by atoms with Crippen LogP contribution in [0.15, 0.2) is 60.9 Å². The van der Waals surface area contributed by atoms with E-state index in [1.54, 1.807) is 29.2 Å². The Bertz CT molecular complexity index is 1220. The predicted octanol–water partition coefficient (Wildman–Crippen LogP) is 1.27. The summed E-state index contributed by atoms with van der Waals surface area (Å²) in [7, 11) is 0. The molecule has 3 heterocycles. The van der Waals surface area contributed by atoms with Crippen molar-refractivity contribution in [2.45, 2.75) is 45.1 Å². The van der Waals surface area contributed by atoms with Crippen LogP contribution in [0.2, 0.25) is 0 Å². The van der Waals surface area contributed by atoms with E-state index >= 15 is 0 Å². The molecule has 10 heteroatoms. The minimum Gasteiger partial charge on any atom is -0.373 e. The van der Waals surface area contributed by atoms with Gasteiger partial charge in [-0.2, -0.15) is 5.10 Å². The van der Waals surface area contributed by atoms with Crippen LogP contribution in [0.1, 0.15) is 35.5 Å². The van der Waals surface area contributed by atoms with Gasteiger partial charge in [0.2, 0.25) is 5.78 Å². The van der Waals surface area contributed by atoms with Crippen LogP contribution in [0, 0.1) is 0 Å². The van der Waals surface area contributed by atoms with Crippen LogP contribution in [-0.4, -0.2) is 68.6 Å². The SMILES string of the molecule is C[C@@H]1CN(Cc2ccn(-c3ncccc3C(=O)NC(Cc3ccccc3)C(=O)C(N)=O)n2)C[C@H](C)O1. The summed E-state index contributed by atoms with van der Waals surface area (Å²) in [6.45, 7) is 6.37. The summed E-state index contributed by atoms with van der Waals surface area (Å²) in [6, 6.07) is 13.1. The summed E-state index contributed by atoms with van der Waals surface area (Å²) in [4.78, 5) is 44.0. The van der Waals surface area contributed by atoms with E-state index in [9.17, 15) is 14.4 Å². The molecule has 188 valence electrons. The van der Waals surface area contributed by atoms with Gasteiger partial charge < -0.3 is 15.8 Å². The number of rotatable bonds is 9. The summed E-state index contributed by atoms with van der Waals surface area (Å²) in [5.41, 5.74) is 7.08. The summed E-state index contributed by atoms with van der Waals surface area (Å²) >= 11 is 0. The van der Waals surface area contributed by atoms with E-state index in [0.717, 1.165) is 24.3 Å². The maximum Gasteiger partial charge on any atom is 0.287 e. The normalized spacial score (nSPS) is 18.9. The number of aromatic nitrogens is 3. The Balaban J connectivity index is 1.52. The number of Topliss-reactive ketones (excluding diaryl/α,β-unsaturated/α-hetero) is 1. The summed E-state index contributed by atoms with van der Waals surface area (Å²) in [5, 5.41) is 7.29. The molecule has 2 amide bonds. The summed E-state index contributed by atoms with van der Waals surface area (Å²) in [5.74, 6) is -2.21. The number of benzene rings is 1. The van der Waals surface area contributed by atoms with Gasteiger partial charge in [-0.3, -0.25) is 19.3 Å². The molecule has 3 N–H and O–H groups in total. The van der Waals surface area contributed by atoms with E-state index in [1.807, 2.05) is 50.2 Å². The first-order chi connectivity index (χ1) is 17.3. The average molecular weight is 491 g/mol. The molecular weight excluding hydrogens is 460 g/mol. The second kappa shape index (κ2) is 11.2. The smallest absolute Gasteiger partial charge is 0.287 e. The standard InChI is InChI=1S/C26H30N6O4/c1-17-14-31(15-18(2)36-17)16-20-10-12-32(30-20)25-21(9-6-11-28-25)26(35)29-22(23(33)24(27)34)13-19-7-4-3-5-8-19/h3-12,17-18,22H,13-16H2,1-2H3,(H2,27,34)(H,29,35)/t17-,18+,22?. The molecule has 1 aliphatic rings. The number of hydrogen-bond donors (Lipinski definition) is 2. The Hall–Kier alpha value is -3.89. The van der Waals surface area contributed by atoms with E-state index in [4.69, 9.17) is 10.5 Å². The first kappa shape index (κ1) is 25.2. The van der Waals surface area contributed by atoms with Crippen LogP contribution in [0.4, 0.5) is 0 Å². The first-order valence-corrected chi connectivity index (χ1v) is 11.9. The fourth-order valence-corrected chi connectivity index (χ4v) is 4.43. The van der Waals surface area contributed by atoms with Gasteiger partial charge in [0.05, 0.1) is 23.5 Å². The number of morpholine rings is 1. The highest BCUT2D eigenvalue weighted by Crippen LogP contribution is 2.16. The monoisotopic (exact) mass is 490 g/mol. The third-order valence-electron chi connectivity index (χ3n) is 5.92. The Morgan fingerprint density at radius 3 is 2.50 bits per heavy atom. The topological polar surface area (TPSA) is 132 Å². The minimum atomic E-state index is -1.11. The molecule has 0 radical (unpaired) electrons. The minimum absolute atomic E-state index is 0.131. The molecular formula is C26H30N6O4. The fraction of sp³-hybridized carbons (Fsp3) is 0.346. The van der Waals surface area contributed by atoms with E-state index in [2.05, 4.69) is 20.3 Å². The van der Waals surface area contributed by atoms with Crippen molar-refractivity contribution in [3.8, 4) is 5.82 Å². The molecule has 3 aromatic rings. The van der Waals surface area contributed by atoms with Crippen LogP contribution < -0.4 is 11.1 Å². The quantitative estimate of drug-likeness (QED) is 0.432. The largest absolute Gasteiger partial charge is 0.373 e. The Labute approximate surface area is 209 Å². The van der Waals surface area contributed by atoms with Crippen molar-refractivity contribution in [2.75, 3.05) is 13.1 Å². The zero-order valence-electron chi connectivity index (χ0n) is 20.3. The lowest BCUT2D eigenvalue weighted by Crippen LogP contribution is -2.47. The van der Waals surface area contributed by atoms with Crippen molar-refractivity contribution in [1.29, 1.82) is 0 Å². The van der Waals surface area contributed by atoms with Crippen molar-refractivity contribution in [3.05, 3.63) is 77.7 Å². The van der Waals surface area contributed by atoms with Gasteiger partial charge in [-0.05, 0) is 37.6 Å². The zero-order valence-corrected chi connectivity index (χ0v) is 20.3. The van der Waals surface area contributed by atoms with Gasteiger partial charge in [-0.25, -0.2) is 9.67 Å². The van der Waals surface area contributed by atoms with Crippen molar-refractivity contribution < 1.29 is 19.1 Å². The van der Waals surface area contributed by atoms with Crippen LogP contribution in [0.3, 0.4) is 0 Å². The number of carbonyl (C=O) groups is 3. The second-order valence-electron chi connectivity index (χ2n) is 9.02. The first-order valence-electron chi connectivity index (χ1n) is 11.9. The fourth-order valence-electron chi connectivity index (χ4n) is 4.43. The molecule has 2 aromatic heterocycles. The molecule has 1 unspecified atom stereocenters. The molecule has 1 fully saturated rings. The van der Waals surface area contributed by atoms with Crippen molar-refractivity contribution in [1.82, 2.24) is 25.0 Å². The van der Waals surface area contributed by atoms with Gasteiger partial charge >= 0.3 is 0 Å². The van der Waals surface area contributed by atoms with Crippen LogP contribution in [0.25, 0.3) is 5.82 Å². The lowest BCUT2D eigenvalue weighted by Gasteiger charge is -2.34. The number of hydrogen-bond acceptors (Lipinski definition) is 7. The van der Waals surface area contributed by atoms with E-state index < -0.39 is 23.6 Å². The number of nitrogens with one attached hydrogen (secondary N) is 1. The molecule has 0 aliphatic carbocycles. The number of amides is 2. The lowest BCUT2D eigenvalue weighted by atomic mass is 10.0. The van der Waals surface area contributed by atoms with Crippen LogP contribution in [-0.2, 0) is 27.3 Å². The zero-order chi connectivity index (χ0) is 25.7. The molecule has 0 saturated carbocycles. The number of primary amides is 1. The van der Waals surface area contributed by atoms with Crippen LogP contribution in [0.5, 0.6) is 0 Å². The number of nitrogens with two attached hydrogens (primary N) is 1. The molecule has 1 aliphatic heterocycles. The van der Waals surface area contributed by atoms with Gasteiger partial charge in [0.15, 0.2) is 5.82 Å². The van der Waals surface area contributed by atoms with Crippen molar-refractivity contribution in [3.63, 3.8) is 0 Å². The van der Waals surface area contributed by atoms with Crippen molar-refractivity contribution in [2.24, 2.45) is 5.73 Å². The number of ether oxygens (including phenoxy) is 1. The third-order valence-corrected chi connectivity index (χ3v) is 5.92. The molecule has 10 nitrogen and oxygen atoms in total. The van der Waals surface area contributed by atoms with Gasteiger partial charge in [0.1, 0.15) is 6.04 Å². The molecule has 0 bridgehead atoms. The summed E-state index contributed by atoms with van der Waals surface area (Å²) < 4.78 is 7.34. The number of nitrogens with zero attached hydrogens (tertiary/aromatic N) is 4.